The van der Waals surface area contributed by atoms with Gasteiger partial charge in [0.2, 0.25) is 0 Å². The van der Waals surface area contributed by atoms with Crippen molar-refractivity contribution in [3.63, 3.8) is 0 Å². The quantitative estimate of drug-likeness (QED) is 0.775. The highest BCUT2D eigenvalue weighted by Gasteiger charge is 2.13. The van der Waals surface area contributed by atoms with Gasteiger partial charge in [-0.2, -0.15) is 12.6 Å². The Morgan fingerprint density at radius 1 is 1.53 bits per heavy atom. The summed E-state index contributed by atoms with van der Waals surface area (Å²) < 4.78 is 13.2. The lowest BCUT2D eigenvalue weighted by Crippen LogP contribution is -2.03. The normalized spacial score (nSPS) is 10.8. The molecule has 2 nitrogen and oxygen atoms in total. The van der Waals surface area contributed by atoms with E-state index in [-0.39, 0.29) is 5.56 Å². The second-order valence-electron chi connectivity index (χ2n) is 2.92. The van der Waals surface area contributed by atoms with Crippen molar-refractivity contribution < 1.29 is 14.3 Å². The fraction of sp³-hybridized carbons (Fsp3) is 0.182. The molecule has 0 atom stereocenters. The number of halogens is 1. The van der Waals surface area contributed by atoms with Crippen LogP contribution in [0.15, 0.2) is 24.3 Å². The Morgan fingerprint density at radius 3 is 2.87 bits per heavy atom. The summed E-state index contributed by atoms with van der Waals surface area (Å²) in [5, 5.41) is 8.81. The van der Waals surface area contributed by atoms with Gasteiger partial charge in [0.25, 0.3) is 0 Å². The zero-order valence-electron chi connectivity index (χ0n) is 7.98. The fourth-order valence-electron chi connectivity index (χ4n) is 1.19. The molecule has 0 aliphatic carbocycles. The molecule has 80 valence electrons. The molecular weight excluding hydrogens is 215 g/mol. The zero-order valence-corrected chi connectivity index (χ0v) is 8.88. The van der Waals surface area contributed by atoms with Gasteiger partial charge in [0.1, 0.15) is 11.4 Å². The summed E-state index contributed by atoms with van der Waals surface area (Å²) in [4.78, 5) is 10.8. The van der Waals surface area contributed by atoms with Crippen molar-refractivity contribution in [1.29, 1.82) is 0 Å². The van der Waals surface area contributed by atoms with Gasteiger partial charge in [-0.1, -0.05) is 24.3 Å². The van der Waals surface area contributed by atoms with Gasteiger partial charge in [0, 0.05) is 0 Å². The maximum atomic E-state index is 13.2. The Labute approximate surface area is 92.8 Å². The molecule has 0 spiro atoms. The van der Waals surface area contributed by atoms with Crippen LogP contribution in [-0.4, -0.2) is 16.8 Å². The number of hydrogen-bond donors (Lipinski definition) is 2. The number of carbonyl (C=O) groups is 1. The lowest BCUT2D eigenvalue weighted by molar-refractivity contribution is 0.0691. The molecule has 0 amide bonds. The van der Waals surface area contributed by atoms with Crippen LogP contribution in [-0.2, 0) is 0 Å². The predicted octanol–water partition coefficient (Wildman–Crippen LogP) is 2.86. The van der Waals surface area contributed by atoms with E-state index in [1.54, 1.807) is 18.2 Å². The molecule has 1 rings (SSSR count). The highest BCUT2D eigenvalue weighted by molar-refractivity contribution is 7.80. The van der Waals surface area contributed by atoms with E-state index in [2.05, 4.69) is 12.6 Å². The number of rotatable bonds is 4. The summed E-state index contributed by atoms with van der Waals surface area (Å²) in [5.74, 6) is -1.29. The van der Waals surface area contributed by atoms with E-state index in [4.69, 9.17) is 5.11 Å². The van der Waals surface area contributed by atoms with E-state index in [1.165, 1.54) is 6.07 Å². The summed E-state index contributed by atoms with van der Waals surface area (Å²) in [5.41, 5.74) is 0.0946. The third-order valence-electron chi connectivity index (χ3n) is 1.85. The van der Waals surface area contributed by atoms with Crippen LogP contribution < -0.4 is 0 Å². The molecule has 4 heteroatoms. The molecule has 0 aliphatic heterocycles. The first-order chi connectivity index (χ1) is 7.16. The molecule has 0 aliphatic rings. The molecule has 1 aromatic rings. The second kappa shape index (κ2) is 5.56. The molecule has 1 N–H and O–H groups in total. The number of aromatic carboxylic acids is 1. The third-order valence-corrected chi connectivity index (χ3v) is 2.11. The van der Waals surface area contributed by atoms with Crippen molar-refractivity contribution in [1.82, 2.24) is 0 Å². The van der Waals surface area contributed by atoms with Gasteiger partial charge in [0.05, 0.1) is 0 Å². The minimum atomic E-state index is -1.25. The van der Waals surface area contributed by atoms with E-state index in [0.717, 1.165) is 12.5 Å². The first-order valence-corrected chi connectivity index (χ1v) is 5.09. The molecule has 0 saturated carbocycles. The van der Waals surface area contributed by atoms with Crippen LogP contribution in [0.1, 0.15) is 22.3 Å². The van der Waals surface area contributed by atoms with Gasteiger partial charge in [-0.15, -0.1) is 0 Å². The minimum Gasteiger partial charge on any atom is -0.478 e. The lowest BCUT2D eigenvalue weighted by atomic mass is 10.1. The molecule has 0 radical (unpaired) electrons. The maximum Gasteiger partial charge on any atom is 0.339 e. The molecule has 0 fully saturated rings. The fourth-order valence-corrected chi connectivity index (χ4v) is 1.34. The zero-order chi connectivity index (χ0) is 11.3. The van der Waals surface area contributed by atoms with Gasteiger partial charge in [0.15, 0.2) is 0 Å². The van der Waals surface area contributed by atoms with E-state index in [0.29, 0.717) is 11.3 Å². The monoisotopic (exact) mass is 226 g/mol. The van der Waals surface area contributed by atoms with Crippen molar-refractivity contribution in [3.8, 4) is 0 Å². The number of carboxylic acids is 1. The Morgan fingerprint density at radius 2 is 2.27 bits per heavy atom. The molecule has 1 aromatic carbocycles. The Balaban J connectivity index is 3.06. The SMILES string of the molecule is O=C(O)c1c(F)cccc1C=CCCS. The van der Waals surface area contributed by atoms with E-state index < -0.39 is 11.8 Å². The lowest BCUT2D eigenvalue weighted by Gasteiger charge is -2.01. The number of carboxylic acid groups (broad SMARTS) is 1. The van der Waals surface area contributed by atoms with Crippen molar-refractivity contribution in [2.75, 3.05) is 5.75 Å². The first-order valence-electron chi connectivity index (χ1n) is 4.46. The van der Waals surface area contributed by atoms with E-state index in [1.807, 2.05) is 0 Å². The highest BCUT2D eigenvalue weighted by Crippen LogP contribution is 2.15. The molecule has 0 unspecified atom stereocenters. The number of allylic oxidation sites excluding steroid dienone is 1. The number of hydrogen-bond acceptors (Lipinski definition) is 2. The van der Waals surface area contributed by atoms with Gasteiger partial charge < -0.3 is 5.11 Å². The van der Waals surface area contributed by atoms with Crippen LogP contribution in [0, 0.1) is 5.82 Å². The highest BCUT2D eigenvalue weighted by atomic mass is 32.1. The summed E-state index contributed by atoms with van der Waals surface area (Å²) in [6.07, 6.45) is 4.09. The van der Waals surface area contributed by atoms with E-state index in [9.17, 15) is 9.18 Å². The molecule has 0 bridgehead atoms. The average molecular weight is 226 g/mol. The minimum absolute atomic E-state index is 0.284. The van der Waals surface area contributed by atoms with Crippen molar-refractivity contribution in [2.24, 2.45) is 0 Å². The summed E-state index contributed by atoms with van der Waals surface area (Å²) in [6.45, 7) is 0. The maximum absolute atomic E-state index is 13.2. The van der Waals surface area contributed by atoms with Gasteiger partial charge in [-0.3, -0.25) is 0 Å². The average Bonchev–Trinajstić information content (AvgIpc) is 2.17. The molecule has 0 aromatic heterocycles. The van der Waals surface area contributed by atoms with Crippen molar-refractivity contribution in [3.05, 3.63) is 41.2 Å². The van der Waals surface area contributed by atoms with Crippen molar-refractivity contribution >= 4 is 24.7 Å². The van der Waals surface area contributed by atoms with Crippen LogP contribution in [0.2, 0.25) is 0 Å². The predicted molar refractivity (Wildman–Crippen MR) is 60.9 cm³/mol. The standard InChI is InChI=1S/C11H11FO2S/c12-9-6-3-5-8(4-1-2-7-15)10(9)11(13)14/h1,3-6,15H,2,7H2,(H,13,14). The van der Waals surface area contributed by atoms with Crippen molar-refractivity contribution in [2.45, 2.75) is 6.42 Å². The molecule has 15 heavy (non-hydrogen) atoms. The smallest absolute Gasteiger partial charge is 0.339 e. The van der Waals surface area contributed by atoms with Gasteiger partial charge in [-0.05, 0) is 23.8 Å². The Bertz CT molecular complexity index is 388. The topological polar surface area (TPSA) is 37.3 Å². The second-order valence-corrected chi connectivity index (χ2v) is 3.37. The summed E-state index contributed by atoms with van der Waals surface area (Å²) >= 11 is 4.01. The summed E-state index contributed by atoms with van der Waals surface area (Å²) in [7, 11) is 0. The van der Waals surface area contributed by atoms with Gasteiger partial charge in [-0.25, -0.2) is 9.18 Å². The number of benzene rings is 1. The molecular formula is C11H11FO2S. The largest absolute Gasteiger partial charge is 0.478 e. The van der Waals surface area contributed by atoms with Gasteiger partial charge >= 0.3 is 5.97 Å². The van der Waals surface area contributed by atoms with Crippen LogP contribution in [0.25, 0.3) is 6.08 Å². The summed E-state index contributed by atoms with van der Waals surface area (Å²) in [6, 6.07) is 4.20. The third kappa shape index (κ3) is 3.09. The molecule has 0 saturated heterocycles. The van der Waals surface area contributed by atoms with Crippen LogP contribution in [0.3, 0.4) is 0 Å². The Hall–Kier alpha value is -1.29. The van der Waals surface area contributed by atoms with Crippen LogP contribution >= 0.6 is 12.6 Å². The molecule has 0 heterocycles. The number of thiol groups is 1. The first kappa shape index (κ1) is 11.8. The van der Waals surface area contributed by atoms with Crippen LogP contribution in [0.5, 0.6) is 0 Å². The Kier molecular flexibility index (Phi) is 4.37. The van der Waals surface area contributed by atoms with E-state index >= 15 is 0 Å². The van der Waals surface area contributed by atoms with Crippen LogP contribution in [0.4, 0.5) is 4.39 Å².